The molecule has 2 unspecified atom stereocenters. The Labute approximate surface area is 158 Å². The second-order valence-electron chi connectivity index (χ2n) is 9.70. The second kappa shape index (κ2) is 6.90. The van der Waals surface area contributed by atoms with Gasteiger partial charge < -0.3 is 9.47 Å². The summed E-state index contributed by atoms with van der Waals surface area (Å²) in [7, 11) is 0. The van der Waals surface area contributed by atoms with Crippen LogP contribution in [0.3, 0.4) is 0 Å². The SMILES string of the molecule is CC1CC=C(c2cc(OCC3CC3)c(C3CC3)cn2)OCC1C(C)(C)C. The van der Waals surface area contributed by atoms with Crippen LogP contribution in [0.5, 0.6) is 5.75 Å². The molecule has 1 aliphatic heterocycles. The van der Waals surface area contributed by atoms with Crippen LogP contribution in [-0.4, -0.2) is 18.2 Å². The summed E-state index contributed by atoms with van der Waals surface area (Å²) in [6, 6.07) is 2.13. The van der Waals surface area contributed by atoms with Crippen molar-refractivity contribution >= 4 is 5.76 Å². The van der Waals surface area contributed by atoms with Crippen LogP contribution in [0.4, 0.5) is 0 Å². The number of aromatic nitrogens is 1. The molecule has 26 heavy (non-hydrogen) atoms. The first-order valence-corrected chi connectivity index (χ1v) is 10.4. The molecular weight excluding hydrogens is 322 g/mol. The van der Waals surface area contributed by atoms with Crippen LogP contribution in [0.1, 0.15) is 77.0 Å². The minimum absolute atomic E-state index is 0.254. The van der Waals surface area contributed by atoms with Crippen molar-refractivity contribution in [1.82, 2.24) is 4.98 Å². The maximum absolute atomic E-state index is 6.25. The summed E-state index contributed by atoms with van der Waals surface area (Å²) in [5.41, 5.74) is 2.48. The highest BCUT2D eigenvalue weighted by molar-refractivity contribution is 5.59. The highest BCUT2D eigenvalue weighted by Gasteiger charge is 2.33. The summed E-state index contributed by atoms with van der Waals surface area (Å²) < 4.78 is 12.4. The molecule has 0 bridgehead atoms. The summed E-state index contributed by atoms with van der Waals surface area (Å²) in [5.74, 6) is 4.55. The summed E-state index contributed by atoms with van der Waals surface area (Å²) in [6.07, 6.45) is 10.5. The largest absolute Gasteiger partial charge is 0.493 e. The van der Waals surface area contributed by atoms with Crippen molar-refractivity contribution in [2.24, 2.45) is 23.2 Å². The first kappa shape index (κ1) is 17.9. The van der Waals surface area contributed by atoms with Gasteiger partial charge in [-0.3, -0.25) is 4.98 Å². The molecule has 0 N–H and O–H groups in total. The lowest BCUT2D eigenvalue weighted by atomic mass is 9.73. The lowest BCUT2D eigenvalue weighted by Gasteiger charge is -2.33. The average molecular weight is 356 g/mol. The molecule has 0 radical (unpaired) electrons. The zero-order chi connectivity index (χ0) is 18.3. The first-order chi connectivity index (χ1) is 12.4. The molecule has 4 rings (SSSR count). The minimum atomic E-state index is 0.254. The lowest BCUT2D eigenvalue weighted by molar-refractivity contribution is 0.0923. The van der Waals surface area contributed by atoms with Gasteiger partial charge in [-0.1, -0.05) is 27.7 Å². The van der Waals surface area contributed by atoms with Crippen molar-refractivity contribution in [1.29, 1.82) is 0 Å². The molecule has 1 aromatic rings. The van der Waals surface area contributed by atoms with Gasteiger partial charge in [-0.2, -0.15) is 0 Å². The summed E-state index contributed by atoms with van der Waals surface area (Å²) in [6.45, 7) is 10.9. The van der Waals surface area contributed by atoms with E-state index < -0.39 is 0 Å². The maximum atomic E-state index is 6.25. The van der Waals surface area contributed by atoms with E-state index in [9.17, 15) is 0 Å². The summed E-state index contributed by atoms with van der Waals surface area (Å²) in [4.78, 5) is 4.75. The fourth-order valence-corrected chi connectivity index (χ4v) is 4.04. The number of ether oxygens (including phenoxy) is 2. The quantitative estimate of drug-likeness (QED) is 0.668. The first-order valence-electron chi connectivity index (χ1n) is 10.4. The molecular formula is C23H33NO2. The smallest absolute Gasteiger partial charge is 0.141 e. The van der Waals surface area contributed by atoms with E-state index in [-0.39, 0.29) is 5.41 Å². The molecule has 142 valence electrons. The zero-order valence-electron chi connectivity index (χ0n) is 16.8. The summed E-state index contributed by atoms with van der Waals surface area (Å²) >= 11 is 0. The molecule has 0 amide bonds. The van der Waals surface area contributed by atoms with Gasteiger partial charge in [0.25, 0.3) is 0 Å². The third kappa shape index (κ3) is 4.07. The number of hydrogen-bond acceptors (Lipinski definition) is 3. The molecule has 2 atom stereocenters. The lowest BCUT2D eigenvalue weighted by Crippen LogP contribution is -2.29. The molecule has 2 heterocycles. The predicted octanol–water partition coefficient (Wildman–Crippen LogP) is 5.81. The van der Waals surface area contributed by atoms with Crippen LogP contribution >= 0.6 is 0 Å². The number of rotatable bonds is 5. The van der Waals surface area contributed by atoms with Crippen molar-refractivity contribution in [3.63, 3.8) is 0 Å². The third-order valence-corrected chi connectivity index (χ3v) is 6.23. The Morgan fingerprint density at radius 1 is 1.19 bits per heavy atom. The number of allylic oxidation sites excluding steroid dienone is 1. The van der Waals surface area contributed by atoms with Crippen molar-refractivity contribution in [3.05, 3.63) is 29.6 Å². The fourth-order valence-electron chi connectivity index (χ4n) is 4.04. The Morgan fingerprint density at radius 3 is 2.62 bits per heavy atom. The van der Waals surface area contributed by atoms with E-state index in [1.165, 1.54) is 31.2 Å². The third-order valence-electron chi connectivity index (χ3n) is 6.23. The predicted molar refractivity (Wildman–Crippen MR) is 105 cm³/mol. The molecule has 3 heteroatoms. The molecule has 3 aliphatic rings. The highest BCUT2D eigenvalue weighted by atomic mass is 16.5. The van der Waals surface area contributed by atoms with Crippen molar-refractivity contribution in [3.8, 4) is 5.75 Å². The normalized spacial score (nSPS) is 26.7. The minimum Gasteiger partial charge on any atom is -0.493 e. The Morgan fingerprint density at radius 2 is 1.96 bits per heavy atom. The molecule has 0 spiro atoms. The van der Waals surface area contributed by atoms with Gasteiger partial charge in [-0.05, 0) is 61.3 Å². The Bertz CT molecular complexity index is 680. The zero-order valence-corrected chi connectivity index (χ0v) is 16.8. The molecule has 2 aliphatic carbocycles. The maximum Gasteiger partial charge on any atom is 0.141 e. The number of hydrogen-bond donors (Lipinski definition) is 0. The van der Waals surface area contributed by atoms with Crippen LogP contribution in [0.25, 0.3) is 5.76 Å². The van der Waals surface area contributed by atoms with Crippen LogP contribution < -0.4 is 4.74 Å². The summed E-state index contributed by atoms with van der Waals surface area (Å²) in [5, 5.41) is 0. The fraction of sp³-hybridized carbons (Fsp3) is 0.696. The molecule has 3 nitrogen and oxygen atoms in total. The van der Waals surface area contributed by atoms with E-state index in [2.05, 4.69) is 39.8 Å². The monoisotopic (exact) mass is 355 g/mol. The Kier molecular flexibility index (Phi) is 4.75. The van der Waals surface area contributed by atoms with Crippen molar-refractivity contribution < 1.29 is 9.47 Å². The second-order valence-corrected chi connectivity index (χ2v) is 9.70. The molecule has 1 aromatic heterocycles. The van der Waals surface area contributed by atoms with Gasteiger partial charge in [-0.25, -0.2) is 0 Å². The van der Waals surface area contributed by atoms with E-state index in [1.807, 2.05) is 6.20 Å². The van der Waals surface area contributed by atoms with Gasteiger partial charge in [0.15, 0.2) is 0 Å². The van der Waals surface area contributed by atoms with Gasteiger partial charge in [-0.15, -0.1) is 0 Å². The molecule has 0 aromatic carbocycles. The molecule has 2 fully saturated rings. The topological polar surface area (TPSA) is 31.4 Å². The van der Waals surface area contributed by atoms with Gasteiger partial charge in [0.2, 0.25) is 0 Å². The van der Waals surface area contributed by atoms with E-state index >= 15 is 0 Å². The van der Waals surface area contributed by atoms with Crippen molar-refractivity contribution in [2.75, 3.05) is 13.2 Å². The van der Waals surface area contributed by atoms with E-state index in [1.54, 1.807) is 0 Å². The van der Waals surface area contributed by atoms with Crippen molar-refractivity contribution in [2.45, 2.75) is 65.7 Å². The number of pyridine rings is 1. The van der Waals surface area contributed by atoms with Crippen LogP contribution in [0, 0.1) is 23.2 Å². The standard InChI is InChI=1S/C23H33NO2/c1-15-5-10-21(26-14-19(15)23(2,3)4)20-11-22(25-13-16-6-7-16)18(12-24-20)17-8-9-17/h10-12,15-17,19H,5-9,13-14H2,1-4H3. The van der Waals surface area contributed by atoms with E-state index in [0.29, 0.717) is 17.8 Å². The molecule has 0 saturated heterocycles. The van der Waals surface area contributed by atoms with Gasteiger partial charge in [0.05, 0.1) is 13.2 Å². The van der Waals surface area contributed by atoms with E-state index in [0.717, 1.165) is 42.8 Å². The Balaban J connectivity index is 1.53. The van der Waals surface area contributed by atoms with Gasteiger partial charge in [0, 0.05) is 23.7 Å². The van der Waals surface area contributed by atoms with Gasteiger partial charge in [0.1, 0.15) is 17.2 Å². The van der Waals surface area contributed by atoms with Crippen LogP contribution in [0.2, 0.25) is 0 Å². The Hall–Kier alpha value is -1.51. The van der Waals surface area contributed by atoms with Crippen LogP contribution in [0.15, 0.2) is 18.3 Å². The van der Waals surface area contributed by atoms with Crippen LogP contribution in [-0.2, 0) is 4.74 Å². The number of nitrogens with zero attached hydrogens (tertiary/aromatic N) is 1. The van der Waals surface area contributed by atoms with E-state index in [4.69, 9.17) is 14.5 Å². The van der Waals surface area contributed by atoms with Gasteiger partial charge >= 0.3 is 0 Å². The molecule has 2 saturated carbocycles. The average Bonchev–Trinajstić information content (AvgIpc) is 3.47. The highest BCUT2D eigenvalue weighted by Crippen LogP contribution is 2.45.